The summed E-state index contributed by atoms with van der Waals surface area (Å²) in [5, 5.41) is 11.2. The predicted molar refractivity (Wildman–Crippen MR) is 152 cm³/mol. The van der Waals surface area contributed by atoms with Crippen molar-refractivity contribution in [3.63, 3.8) is 0 Å². The van der Waals surface area contributed by atoms with Gasteiger partial charge in [0.2, 0.25) is 0 Å². The third kappa shape index (κ3) is 8.08. The van der Waals surface area contributed by atoms with Gasteiger partial charge in [-0.3, -0.25) is 0 Å². The molecule has 0 bridgehead atoms. The average Bonchev–Trinajstić information content (AvgIpc) is 3.01. The van der Waals surface area contributed by atoms with Crippen molar-refractivity contribution in [1.29, 1.82) is 0 Å². The number of benzene rings is 4. The van der Waals surface area contributed by atoms with Gasteiger partial charge in [0.25, 0.3) is 0 Å². The maximum Gasteiger partial charge on any atom is 0.184 e. The first-order valence-corrected chi connectivity index (χ1v) is 13.7. The molecule has 1 aliphatic rings. The molecule has 4 aromatic rings. The standard InChI is InChI=1S/C34H36O6/c35-34-33(39-24-29-19-11-4-12-20-29)32(38-23-28-17-9-3-10-18-28)31(37-22-27-15-7-2-8-16-27)30(40-34)25-36-21-26-13-5-1-6-14-26/h1-20,30-35H,21-25H2/t30-,31+,32+,33+,34+/m0/s1. The van der Waals surface area contributed by atoms with Gasteiger partial charge in [-0.05, 0) is 22.3 Å². The Morgan fingerprint density at radius 1 is 0.475 bits per heavy atom. The van der Waals surface area contributed by atoms with Crippen molar-refractivity contribution in [2.24, 2.45) is 0 Å². The SMILES string of the molecule is O[C@@H]1O[C@@H](COCc2ccccc2)[C@@H](OCc2ccccc2)[C@@H](OCc2ccccc2)[C@H]1OCc1ccccc1. The number of rotatable bonds is 13. The minimum atomic E-state index is -1.22. The van der Waals surface area contributed by atoms with Crippen LogP contribution in [-0.4, -0.2) is 42.4 Å². The lowest BCUT2D eigenvalue weighted by atomic mass is 9.98. The summed E-state index contributed by atoms with van der Waals surface area (Å²) in [6.45, 7) is 1.65. The van der Waals surface area contributed by atoms with Gasteiger partial charge in [-0.15, -0.1) is 0 Å². The quantitative estimate of drug-likeness (QED) is 0.236. The van der Waals surface area contributed by atoms with E-state index in [9.17, 15) is 5.11 Å². The zero-order valence-electron chi connectivity index (χ0n) is 22.5. The van der Waals surface area contributed by atoms with E-state index in [-0.39, 0.29) is 6.61 Å². The van der Waals surface area contributed by atoms with E-state index in [1.54, 1.807) is 0 Å². The maximum atomic E-state index is 11.2. The number of ether oxygens (including phenoxy) is 5. The van der Waals surface area contributed by atoms with Crippen molar-refractivity contribution in [3.8, 4) is 0 Å². The summed E-state index contributed by atoms with van der Waals surface area (Å²) in [6.07, 6.45) is -3.72. The fraction of sp³-hybridized carbons (Fsp3) is 0.294. The van der Waals surface area contributed by atoms with Crippen LogP contribution in [0.5, 0.6) is 0 Å². The van der Waals surface area contributed by atoms with E-state index >= 15 is 0 Å². The molecule has 1 aliphatic heterocycles. The molecule has 0 aromatic heterocycles. The summed E-state index contributed by atoms with van der Waals surface area (Å²) < 4.78 is 31.4. The molecule has 40 heavy (non-hydrogen) atoms. The Hall–Kier alpha value is -3.36. The second-order valence-corrected chi connectivity index (χ2v) is 9.85. The van der Waals surface area contributed by atoms with Gasteiger partial charge in [0, 0.05) is 0 Å². The minimum absolute atomic E-state index is 0.224. The highest BCUT2D eigenvalue weighted by molar-refractivity contribution is 5.16. The third-order valence-corrected chi connectivity index (χ3v) is 6.86. The lowest BCUT2D eigenvalue weighted by Crippen LogP contribution is -2.61. The van der Waals surface area contributed by atoms with E-state index in [0.717, 1.165) is 22.3 Å². The van der Waals surface area contributed by atoms with Crippen LogP contribution in [0, 0.1) is 0 Å². The van der Waals surface area contributed by atoms with Gasteiger partial charge < -0.3 is 28.8 Å². The molecule has 6 nitrogen and oxygen atoms in total. The van der Waals surface area contributed by atoms with Gasteiger partial charge in [0.1, 0.15) is 24.4 Å². The van der Waals surface area contributed by atoms with E-state index in [1.165, 1.54) is 0 Å². The highest BCUT2D eigenvalue weighted by atomic mass is 16.7. The zero-order chi connectivity index (χ0) is 27.4. The number of aliphatic hydroxyl groups is 1. The molecule has 5 rings (SSSR count). The summed E-state index contributed by atoms with van der Waals surface area (Å²) in [5.41, 5.74) is 4.10. The summed E-state index contributed by atoms with van der Waals surface area (Å²) in [6, 6.07) is 39.7. The highest BCUT2D eigenvalue weighted by Crippen LogP contribution is 2.30. The molecule has 0 amide bonds. The summed E-state index contributed by atoms with van der Waals surface area (Å²) in [7, 11) is 0. The highest BCUT2D eigenvalue weighted by Gasteiger charge is 2.48. The first-order valence-electron chi connectivity index (χ1n) is 13.7. The molecule has 4 aromatic carbocycles. The predicted octanol–water partition coefficient (Wildman–Crippen LogP) is 5.68. The average molecular weight is 541 g/mol. The molecule has 5 atom stereocenters. The number of aliphatic hydroxyl groups excluding tert-OH is 1. The third-order valence-electron chi connectivity index (χ3n) is 6.86. The van der Waals surface area contributed by atoms with Gasteiger partial charge >= 0.3 is 0 Å². The monoisotopic (exact) mass is 540 g/mol. The second-order valence-electron chi connectivity index (χ2n) is 9.85. The van der Waals surface area contributed by atoms with Crippen molar-refractivity contribution < 1.29 is 28.8 Å². The van der Waals surface area contributed by atoms with Crippen molar-refractivity contribution in [2.45, 2.75) is 57.1 Å². The second kappa shape index (κ2) is 14.9. The van der Waals surface area contributed by atoms with Crippen LogP contribution < -0.4 is 0 Å². The van der Waals surface area contributed by atoms with Crippen molar-refractivity contribution in [1.82, 2.24) is 0 Å². The van der Waals surface area contributed by atoms with Crippen LogP contribution in [0.2, 0.25) is 0 Å². The molecule has 0 aliphatic carbocycles. The molecule has 0 radical (unpaired) electrons. The molecule has 1 fully saturated rings. The molecule has 0 unspecified atom stereocenters. The molecule has 1 N–H and O–H groups in total. The van der Waals surface area contributed by atoms with Gasteiger partial charge in [0.15, 0.2) is 6.29 Å². The smallest absolute Gasteiger partial charge is 0.184 e. The lowest BCUT2D eigenvalue weighted by molar-refractivity contribution is -0.317. The maximum absolute atomic E-state index is 11.2. The van der Waals surface area contributed by atoms with Gasteiger partial charge in [-0.1, -0.05) is 121 Å². The lowest BCUT2D eigenvalue weighted by Gasteiger charge is -2.44. The zero-order valence-corrected chi connectivity index (χ0v) is 22.5. The van der Waals surface area contributed by atoms with E-state index in [1.807, 2.05) is 121 Å². The van der Waals surface area contributed by atoms with Crippen molar-refractivity contribution in [3.05, 3.63) is 144 Å². The molecule has 208 valence electrons. The number of hydrogen-bond acceptors (Lipinski definition) is 6. The van der Waals surface area contributed by atoms with E-state index in [0.29, 0.717) is 26.4 Å². The van der Waals surface area contributed by atoms with Gasteiger partial charge in [-0.2, -0.15) is 0 Å². The fourth-order valence-corrected chi connectivity index (χ4v) is 4.77. The molecule has 0 saturated carbocycles. The van der Waals surface area contributed by atoms with E-state index < -0.39 is 30.7 Å². The normalized spacial score (nSPS) is 22.7. The van der Waals surface area contributed by atoms with E-state index in [4.69, 9.17) is 23.7 Å². The Morgan fingerprint density at radius 3 is 1.30 bits per heavy atom. The Kier molecular flexibility index (Phi) is 10.5. The van der Waals surface area contributed by atoms with Crippen molar-refractivity contribution >= 4 is 0 Å². The molecular weight excluding hydrogens is 504 g/mol. The molecule has 1 heterocycles. The Morgan fingerprint density at radius 2 is 0.850 bits per heavy atom. The summed E-state index contributed by atoms with van der Waals surface area (Å²) in [4.78, 5) is 0. The molecule has 0 spiro atoms. The fourth-order valence-electron chi connectivity index (χ4n) is 4.77. The first kappa shape index (κ1) is 28.2. The van der Waals surface area contributed by atoms with Crippen LogP contribution in [-0.2, 0) is 50.1 Å². The number of hydrogen-bond donors (Lipinski definition) is 1. The summed E-state index contributed by atoms with van der Waals surface area (Å²) >= 11 is 0. The minimum Gasteiger partial charge on any atom is -0.374 e. The Bertz CT molecular complexity index is 1240. The summed E-state index contributed by atoms with van der Waals surface area (Å²) in [5.74, 6) is 0. The van der Waals surface area contributed by atoms with Crippen LogP contribution in [0.4, 0.5) is 0 Å². The molecule has 1 saturated heterocycles. The Labute approximate surface area is 236 Å². The van der Waals surface area contributed by atoms with Crippen LogP contribution in [0.25, 0.3) is 0 Å². The van der Waals surface area contributed by atoms with E-state index in [2.05, 4.69) is 0 Å². The van der Waals surface area contributed by atoms with Crippen LogP contribution in [0.15, 0.2) is 121 Å². The van der Waals surface area contributed by atoms with Gasteiger partial charge in [0.05, 0.1) is 33.0 Å². The van der Waals surface area contributed by atoms with Crippen LogP contribution in [0.3, 0.4) is 0 Å². The van der Waals surface area contributed by atoms with Crippen LogP contribution >= 0.6 is 0 Å². The van der Waals surface area contributed by atoms with Crippen LogP contribution in [0.1, 0.15) is 22.3 Å². The Balaban J connectivity index is 1.36. The molecular formula is C34H36O6. The largest absolute Gasteiger partial charge is 0.374 e. The first-order chi connectivity index (χ1) is 19.8. The molecule has 6 heteroatoms. The van der Waals surface area contributed by atoms with Gasteiger partial charge in [-0.25, -0.2) is 0 Å². The topological polar surface area (TPSA) is 66.4 Å². The van der Waals surface area contributed by atoms with Crippen molar-refractivity contribution in [2.75, 3.05) is 6.61 Å².